The number of aliphatic hydroxyl groups excluding tert-OH is 1. The third-order valence-electron chi connectivity index (χ3n) is 15.2. The smallest absolute Gasteiger partial charge is 0.387 e. The van der Waals surface area contributed by atoms with Crippen LogP contribution in [0.4, 0.5) is 0 Å². The van der Waals surface area contributed by atoms with E-state index in [0.29, 0.717) is 17.4 Å². The summed E-state index contributed by atoms with van der Waals surface area (Å²) >= 11 is 0. The van der Waals surface area contributed by atoms with Crippen LogP contribution in [0.5, 0.6) is 0 Å². The number of unbranched alkanes of at least 4 members (excludes halogenated alkanes) is 46. The van der Waals surface area contributed by atoms with E-state index < -0.39 is 20.0 Å². The molecule has 0 aromatic rings. The molecule has 0 saturated carbocycles. The minimum Gasteiger partial charge on any atom is -0.387 e. The van der Waals surface area contributed by atoms with Crippen LogP contribution in [0.25, 0.3) is 0 Å². The van der Waals surface area contributed by atoms with Gasteiger partial charge in [0.1, 0.15) is 13.2 Å². The maximum Gasteiger partial charge on any atom is 0.472 e. The van der Waals surface area contributed by atoms with Crippen LogP contribution >= 0.6 is 7.82 Å². The number of carbonyl (C=O) groups is 1. The molecule has 3 unspecified atom stereocenters. The van der Waals surface area contributed by atoms with Crippen LogP contribution in [0.3, 0.4) is 0 Å². The van der Waals surface area contributed by atoms with Crippen LogP contribution in [0.1, 0.15) is 335 Å². The molecule has 0 heterocycles. The molecule has 0 rings (SSSR count). The Kier molecular flexibility index (Phi) is 55.9. The lowest BCUT2D eigenvalue weighted by atomic mass is 10.0. The minimum absolute atomic E-state index is 0.0584. The molecular formula is C65H130N2O6P+. The fraction of sp³-hybridized carbons (Fsp3) is 0.923. The fourth-order valence-electron chi connectivity index (χ4n) is 10.1. The van der Waals surface area contributed by atoms with E-state index in [1.807, 2.05) is 27.2 Å². The lowest BCUT2D eigenvalue weighted by Crippen LogP contribution is -2.45. The van der Waals surface area contributed by atoms with Crippen molar-refractivity contribution in [3.63, 3.8) is 0 Å². The number of amides is 1. The first-order valence-corrected chi connectivity index (χ1v) is 34.2. The third kappa shape index (κ3) is 58.7. The number of hydrogen-bond donors (Lipinski definition) is 3. The largest absolute Gasteiger partial charge is 0.472 e. The predicted octanol–water partition coefficient (Wildman–Crippen LogP) is 20.3. The van der Waals surface area contributed by atoms with Crippen LogP contribution in [0.15, 0.2) is 24.3 Å². The number of hydrogen-bond acceptors (Lipinski definition) is 5. The average molecular weight is 1070 g/mol. The number of carbonyl (C=O) groups excluding carboxylic acids is 1. The van der Waals surface area contributed by atoms with Gasteiger partial charge in [-0.3, -0.25) is 13.8 Å². The Hall–Kier alpha value is -1.02. The second-order valence-corrected chi connectivity index (χ2v) is 25.3. The summed E-state index contributed by atoms with van der Waals surface area (Å²) in [4.78, 5) is 23.2. The van der Waals surface area contributed by atoms with E-state index in [0.717, 1.165) is 38.5 Å². The number of phosphoric acid groups is 1. The lowest BCUT2D eigenvalue weighted by Gasteiger charge is -2.25. The minimum atomic E-state index is -4.35. The second kappa shape index (κ2) is 56.7. The number of nitrogens with one attached hydrogen (secondary N) is 1. The van der Waals surface area contributed by atoms with E-state index in [9.17, 15) is 19.4 Å². The van der Waals surface area contributed by atoms with Crippen LogP contribution in [0.2, 0.25) is 0 Å². The molecule has 0 aliphatic carbocycles. The standard InChI is InChI=1S/C65H129N2O6P/c1-6-8-10-12-14-16-18-19-20-21-22-23-24-25-26-27-28-29-30-31-32-33-34-35-36-37-38-39-40-41-42-43-44-45-46-47-49-51-53-55-57-59-65(69)66-63(62-73-74(70,71)72-61-60-67(3,4)5)64(68)58-56-54-52-50-48-17-15-13-11-9-7-2/h48,50,56,58,63-64,68H,6-47,49,51-55,57,59-62H2,1-5H3,(H-,66,69,70,71)/p+1/b50-48+,58-56+. The van der Waals surface area contributed by atoms with Crippen molar-refractivity contribution >= 4 is 13.7 Å². The first-order chi connectivity index (χ1) is 36.0. The molecule has 74 heavy (non-hydrogen) atoms. The third-order valence-corrected chi connectivity index (χ3v) is 16.2. The van der Waals surface area contributed by atoms with Gasteiger partial charge in [0, 0.05) is 6.42 Å². The molecule has 3 atom stereocenters. The summed E-state index contributed by atoms with van der Waals surface area (Å²) in [5.41, 5.74) is 0. The average Bonchev–Trinajstić information content (AvgIpc) is 3.36. The van der Waals surface area contributed by atoms with Gasteiger partial charge in [0.15, 0.2) is 0 Å². The van der Waals surface area contributed by atoms with Crippen LogP contribution in [0, 0.1) is 0 Å². The lowest BCUT2D eigenvalue weighted by molar-refractivity contribution is -0.870. The summed E-state index contributed by atoms with van der Waals surface area (Å²) in [5.74, 6) is -0.182. The maximum absolute atomic E-state index is 12.9. The summed E-state index contributed by atoms with van der Waals surface area (Å²) < 4.78 is 23.6. The number of allylic oxidation sites excluding steroid dienone is 3. The number of aliphatic hydroxyl groups is 1. The molecule has 440 valence electrons. The van der Waals surface area contributed by atoms with Gasteiger partial charge in [-0.25, -0.2) is 4.57 Å². The van der Waals surface area contributed by atoms with Gasteiger partial charge in [0.25, 0.3) is 0 Å². The van der Waals surface area contributed by atoms with Crippen molar-refractivity contribution in [3.05, 3.63) is 24.3 Å². The van der Waals surface area contributed by atoms with Crippen molar-refractivity contribution in [2.75, 3.05) is 40.9 Å². The number of rotatable bonds is 61. The van der Waals surface area contributed by atoms with Gasteiger partial charge in [-0.15, -0.1) is 0 Å². The van der Waals surface area contributed by atoms with E-state index in [1.54, 1.807) is 6.08 Å². The molecule has 1 amide bonds. The molecule has 8 nitrogen and oxygen atoms in total. The SMILES string of the molecule is CCCCCCC/C=C/CC/C=C/C(O)C(COP(=O)(O)OCC[N+](C)(C)C)NC(=O)CCCCCCCCCCCCCCCCCCCCCCCCCCCCCCCCCCCCCCCCCCC. The van der Waals surface area contributed by atoms with E-state index in [-0.39, 0.29) is 19.1 Å². The van der Waals surface area contributed by atoms with Crippen molar-refractivity contribution < 1.29 is 32.9 Å². The van der Waals surface area contributed by atoms with Gasteiger partial charge in [0.2, 0.25) is 5.91 Å². The van der Waals surface area contributed by atoms with Gasteiger partial charge in [-0.05, 0) is 32.1 Å². The zero-order valence-electron chi connectivity index (χ0n) is 50.4. The molecule has 0 saturated heterocycles. The molecule has 3 N–H and O–H groups in total. The Morgan fingerprint density at radius 3 is 1.08 bits per heavy atom. The Morgan fingerprint density at radius 1 is 0.446 bits per heavy atom. The number of nitrogens with zero attached hydrogens (tertiary/aromatic N) is 1. The van der Waals surface area contributed by atoms with Gasteiger partial charge in [-0.2, -0.15) is 0 Å². The van der Waals surface area contributed by atoms with E-state index >= 15 is 0 Å². The normalized spacial score (nSPS) is 13.9. The summed E-state index contributed by atoms with van der Waals surface area (Å²) in [5, 5.41) is 13.8. The van der Waals surface area contributed by atoms with Crippen LogP contribution in [-0.2, 0) is 18.4 Å². The summed E-state index contributed by atoms with van der Waals surface area (Å²) in [6.45, 7) is 4.80. The number of likely N-dealkylation sites (N-methyl/N-ethyl adjacent to an activating group) is 1. The van der Waals surface area contributed by atoms with E-state index in [1.165, 1.54) is 276 Å². The second-order valence-electron chi connectivity index (χ2n) is 23.8. The van der Waals surface area contributed by atoms with Gasteiger partial charge in [0.05, 0.1) is 39.9 Å². The summed E-state index contributed by atoms with van der Waals surface area (Å²) in [6.07, 6.45) is 73.6. The first kappa shape index (κ1) is 73.0. The Balaban J connectivity index is 3.76. The Morgan fingerprint density at radius 2 is 0.743 bits per heavy atom. The van der Waals surface area contributed by atoms with Crippen molar-refractivity contribution in [1.29, 1.82) is 0 Å². The monoisotopic (exact) mass is 1070 g/mol. The van der Waals surface area contributed by atoms with Gasteiger partial charge < -0.3 is 19.8 Å². The van der Waals surface area contributed by atoms with Crippen molar-refractivity contribution in [2.24, 2.45) is 0 Å². The zero-order chi connectivity index (χ0) is 54.2. The van der Waals surface area contributed by atoms with Crippen LogP contribution < -0.4 is 5.32 Å². The highest BCUT2D eigenvalue weighted by atomic mass is 31.2. The molecule has 0 aliphatic rings. The molecule has 0 aliphatic heterocycles. The number of quaternary nitrogens is 1. The first-order valence-electron chi connectivity index (χ1n) is 32.7. The molecule has 9 heteroatoms. The van der Waals surface area contributed by atoms with E-state index in [2.05, 4.69) is 31.3 Å². The quantitative estimate of drug-likeness (QED) is 0.0243. The molecule has 0 aromatic heterocycles. The fourth-order valence-corrected chi connectivity index (χ4v) is 10.8. The predicted molar refractivity (Wildman–Crippen MR) is 323 cm³/mol. The molecule has 0 fully saturated rings. The number of phosphoric ester groups is 1. The Bertz CT molecular complexity index is 1260. The maximum atomic E-state index is 12.9. The molecule has 0 aromatic carbocycles. The topological polar surface area (TPSA) is 105 Å². The Labute approximate surface area is 462 Å². The van der Waals surface area contributed by atoms with Gasteiger partial charge >= 0.3 is 7.82 Å². The molecule has 0 bridgehead atoms. The van der Waals surface area contributed by atoms with Crippen molar-refractivity contribution in [1.82, 2.24) is 5.32 Å². The highest BCUT2D eigenvalue weighted by molar-refractivity contribution is 7.47. The van der Waals surface area contributed by atoms with Crippen molar-refractivity contribution in [2.45, 2.75) is 347 Å². The molecular weight excluding hydrogens is 936 g/mol. The molecule has 0 radical (unpaired) electrons. The van der Waals surface area contributed by atoms with Crippen LogP contribution in [-0.4, -0.2) is 73.4 Å². The summed E-state index contributed by atoms with van der Waals surface area (Å²) in [6, 6.07) is -0.859. The van der Waals surface area contributed by atoms with E-state index in [4.69, 9.17) is 9.05 Å². The van der Waals surface area contributed by atoms with Gasteiger partial charge in [-0.1, -0.05) is 321 Å². The highest BCUT2D eigenvalue weighted by Gasteiger charge is 2.28. The van der Waals surface area contributed by atoms with Crippen molar-refractivity contribution in [3.8, 4) is 0 Å². The summed E-state index contributed by atoms with van der Waals surface area (Å²) in [7, 11) is 1.57. The zero-order valence-corrected chi connectivity index (χ0v) is 51.3. The molecule has 0 spiro atoms. The highest BCUT2D eigenvalue weighted by Crippen LogP contribution is 2.43.